The van der Waals surface area contributed by atoms with Crippen molar-refractivity contribution in [3.8, 4) is 0 Å². The van der Waals surface area contributed by atoms with E-state index in [1.807, 2.05) is 0 Å². The van der Waals surface area contributed by atoms with Gasteiger partial charge in [0.25, 0.3) is 0 Å². The molecule has 114 valence electrons. The second kappa shape index (κ2) is 6.59. The lowest BCUT2D eigenvalue weighted by Gasteiger charge is -2.08. The summed E-state index contributed by atoms with van der Waals surface area (Å²) in [6, 6.07) is 3.27. The van der Waals surface area contributed by atoms with E-state index in [-0.39, 0.29) is 30.1 Å². The molecule has 0 amide bonds. The first kappa shape index (κ1) is 17.0. The fraction of sp³-hybridized carbons (Fsp3) is 0.400. The molecule has 0 heterocycles. The van der Waals surface area contributed by atoms with Crippen LogP contribution in [0.1, 0.15) is 5.56 Å². The van der Waals surface area contributed by atoms with Crippen molar-refractivity contribution in [3.63, 3.8) is 0 Å². The lowest BCUT2D eigenvalue weighted by molar-refractivity contribution is 0.572. The maximum Gasteiger partial charge on any atom is 0.240 e. The van der Waals surface area contributed by atoms with E-state index in [1.165, 1.54) is 0 Å². The van der Waals surface area contributed by atoms with Gasteiger partial charge in [-0.2, -0.15) is 0 Å². The second-order valence-electron chi connectivity index (χ2n) is 4.02. The average molecular weight is 325 g/mol. The van der Waals surface area contributed by atoms with Crippen LogP contribution in [0.3, 0.4) is 0 Å². The summed E-state index contributed by atoms with van der Waals surface area (Å²) in [5.74, 6) is -0.579. The minimum Gasteiger partial charge on any atom is -0.326 e. The Morgan fingerprint density at radius 1 is 1.15 bits per heavy atom. The zero-order valence-electron chi connectivity index (χ0n) is 10.8. The summed E-state index contributed by atoms with van der Waals surface area (Å²) in [6.07, 6.45) is 0.967. The molecule has 0 spiro atoms. The number of nitrogens with one attached hydrogen (secondary N) is 2. The molecule has 10 heteroatoms. The van der Waals surface area contributed by atoms with Crippen LogP contribution in [0.2, 0.25) is 0 Å². The summed E-state index contributed by atoms with van der Waals surface area (Å²) in [5.41, 5.74) is 5.39. The van der Waals surface area contributed by atoms with E-state index in [4.69, 9.17) is 5.73 Å². The Balaban J connectivity index is 2.74. The number of sulfonamides is 2. The molecular weight excluding hydrogens is 309 g/mol. The summed E-state index contributed by atoms with van der Waals surface area (Å²) in [7, 11) is -7.21. The maximum absolute atomic E-state index is 13.2. The van der Waals surface area contributed by atoms with E-state index >= 15 is 0 Å². The quantitative estimate of drug-likeness (QED) is 0.562. The molecule has 0 saturated carbocycles. The van der Waals surface area contributed by atoms with E-state index in [0.29, 0.717) is 0 Å². The third-order valence-corrected chi connectivity index (χ3v) is 4.52. The molecule has 0 atom stereocenters. The van der Waals surface area contributed by atoms with Gasteiger partial charge in [0, 0.05) is 25.2 Å². The van der Waals surface area contributed by atoms with Gasteiger partial charge >= 0.3 is 0 Å². The van der Waals surface area contributed by atoms with Gasteiger partial charge in [-0.05, 0) is 18.2 Å². The highest BCUT2D eigenvalue weighted by Gasteiger charge is 2.15. The molecule has 7 nitrogen and oxygen atoms in total. The monoisotopic (exact) mass is 325 g/mol. The summed E-state index contributed by atoms with van der Waals surface area (Å²) >= 11 is 0. The van der Waals surface area contributed by atoms with Crippen molar-refractivity contribution >= 4 is 20.0 Å². The predicted octanol–water partition coefficient (Wildman–Crippen LogP) is -0.888. The molecule has 1 aromatic rings. The predicted molar refractivity (Wildman–Crippen MR) is 72.3 cm³/mol. The third kappa shape index (κ3) is 5.13. The summed E-state index contributed by atoms with van der Waals surface area (Å²) < 4.78 is 62.9. The van der Waals surface area contributed by atoms with Crippen molar-refractivity contribution in [1.29, 1.82) is 0 Å². The molecule has 0 aromatic heterocycles. The molecule has 20 heavy (non-hydrogen) atoms. The fourth-order valence-electron chi connectivity index (χ4n) is 1.38. The Morgan fingerprint density at radius 2 is 1.75 bits per heavy atom. The van der Waals surface area contributed by atoms with Gasteiger partial charge in [0.15, 0.2) is 0 Å². The molecule has 0 aliphatic heterocycles. The number of rotatable bonds is 7. The maximum atomic E-state index is 13.2. The van der Waals surface area contributed by atoms with Crippen molar-refractivity contribution in [3.05, 3.63) is 29.6 Å². The van der Waals surface area contributed by atoms with Crippen LogP contribution in [0.15, 0.2) is 23.1 Å². The number of benzene rings is 1. The van der Waals surface area contributed by atoms with Crippen LogP contribution in [-0.4, -0.2) is 36.2 Å². The summed E-state index contributed by atoms with van der Waals surface area (Å²) in [5, 5.41) is 0. The molecule has 0 fully saturated rings. The Bertz CT molecular complexity index is 674. The molecule has 0 aliphatic rings. The zero-order valence-corrected chi connectivity index (χ0v) is 12.4. The first-order chi connectivity index (χ1) is 9.15. The van der Waals surface area contributed by atoms with Crippen molar-refractivity contribution in [2.24, 2.45) is 5.73 Å². The smallest absolute Gasteiger partial charge is 0.240 e. The molecule has 1 rings (SSSR count). The Kier molecular flexibility index (Phi) is 5.59. The summed E-state index contributed by atoms with van der Waals surface area (Å²) in [4.78, 5) is -0.126. The van der Waals surface area contributed by atoms with E-state index in [1.54, 1.807) is 0 Å². The van der Waals surface area contributed by atoms with Gasteiger partial charge in [0.1, 0.15) is 5.82 Å². The number of halogens is 1. The van der Waals surface area contributed by atoms with E-state index < -0.39 is 25.9 Å². The van der Waals surface area contributed by atoms with Crippen LogP contribution >= 0.6 is 0 Å². The standard InChI is InChI=1S/C10H16FN3O4S2/c1-19(15,16)13-4-5-14-20(17,18)9-2-3-10(11)8(6-9)7-12/h2-3,6,13-14H,4-5,7,12H2,1H3. The number of nitrogens with two attached hydrogens (primary N) is 1. The van der Waals surface area contributed by atoms with E-state index in [0.717, 1.165) is 24.5 Å². The van der Waals surface area contributed by atoms with Crippen molar-refractivity contribution in [1.82, 2.24) is 9.44 Å². The SMILES string of the molecule is CS(=O)(=O)NCCNS(=O)(=O)c1ccc(F)c(CN)c1. The van der Waals surface area contributed by atoms with Gasteiger partial charge in [-0.15, -0.1) is 0 Å². The van der Waals surface area contributed by atoms with Crippen molar-refractivity contribution < 1.29 is 21.2 Å². The van der Waals surface area contributed by atoms with Crippen molar-refractivity contribution in [2.45, 2.75) is 11.4 Å². The minimum absolute atomic E-state index is 0.0804. The number of hydrogen-bond acceptors (Lipinski definition) is 5. The molecule has 0 saturated heterocycles. The van der Waals surface area contributed by atoms with Gasteiger partial charge < -0.3 is 5.73 Å². The van der Waals surface area contributed by atoms with Crippen molar-refractivity contribution in [2.75, 3.05) is 19.3 Å². The molecule has 0 aliphatic carbocycles. The highest BCUT2D eigenvalue weighted by Crippen LogP contribution is 2.14. The molecule has 0 unspecified atom stereocenters. The lowest BCUT2D eigenvalue weighted by atomic mass is 10.2. The molecule has 0 radical (unpaired) electrons. The fourth-order valence-corrected chi connectivity index (χ4v) is 2.93. The number of hydrogen-bond donors (Lipinski definition) is 3. The first-order valence-corrected chi connectivity index (χ1v) is 8.96. The zero-order chi connectivity index (χ0) is 15.4. The van der Waals surface area contributed by atoms with Crippen LogP contribution in [0.25, 0.3) is 0 Å². The molecular formula is C10H16FN3O4S2. The van der Waals surface area contributed by atoms with Gasteiger partial charge in [-0.3, -0.25) is 0 Å². The minimum atomic E-state index is -3.83. The highest BCUT2D eigenvalue weighted by atomic mass is 32.2. The van der Waals surface area contributed by atoms with Crippen LogP contribution in [0, 0.1) is 5.82 Å². The average Bonchev–Trinajstić information content (AvgIpc) is 2.34. The van der Waals surface area contributed by atoms with Gasteiger partial charge in [-0.25, -0.2) is 30.7 Å². The van der Waals surface area contributed by atoms with Gasteiger partial charge in [-0.1, -0.05) is 0 Å². The molecule has 4 N–H and O–H groups in total. The van der Waals surface area contributed by atoms with E-state index in [2.05, 4.69) is 9.44 Å². The lowest BCUT2D eigenvalue weighted by Crippen LogP contribution is -2.34. The van der Waals surface area contributed by atoms with Crippen LogP contribution in [-0.2, 0) is 26.6 Å². The topological polar surface area (TPSA) is 118 Å². The van der Waals surface area contributed by atoms with Gasteiger partial charge in [0.2, 0.25) is 20.0 Å². The first-order valence-electron chi connectivity index (χ1n) is 5.58. The molecule has 1 aromatic carbocycles. The molecule has 0 bridgehead atoms. The van der Waals surface area contributed by atoms with Crippen LogP contribution in [0.4, 0.5) is 4.39 Å². The van der Waals surface area contributed by atoms with Crippen LogP contribution in [0.5, 0.6) is 0 Å². The Morgan fingerprint density at radius 3 is 2.30 bits per heavy atom. The Labute approximate surface area is 117 Å². The third-order valence-electron chi connectivity index (χ3n) is 2.33. The highest BCUT2D eigenvalue weighted by molar-refractivity contribution is 7.89. The second-order valence-corrected chi connectivity index (χ2v) is 7.62. The normalized spacial score (nSPS) is 12.6. The van der Waals surface area contributed by atoms with Crippen LogP contribution < -0.4 is 15.2 Å². The van der Waals surface area contributed by atoms with Gasteiger partial charge in [0.05, 0.1) is 11.2 Å². The largest absolute Gasteiger partial charge is 0.326 e. The Hall–Kier alpha value is -1.07. The summed E-state index contributed by atoms with van der Waals surface area (Å²) in [6.45, 7) is -0.321. The van der Waals surface area contributed by atoms with E-state index in [9.17, 15) is 21.2 Å².